The predicted molar refractivity (Wildman–Crippen MR) is 67.7 cm³/mol. The maximum Gasteiger partial charge on any atom is 0.0794 e. The molecule has 2 rings (SSSR count). The second-order valence-electron chi connectivity index (χ2n) is 3.05. The molecule has 0 bridgehead atoms. The maximum absolute atomic E-state index is 4.04. The van der Waals surface area contributed by atoms with Crippen molar-refractivity contribution in [2.75, 3.05) is 11.6 Å². The molecule has 1 N–H and O–H groups in total. The van der Waals surface area contributed by atoms with Crippen LogP contribution in [0.4, 0.5) is 5.69 Å². The molecule has 78 valence electrons. The first-order chi connectivity index (χ1) is 7.38. The van der Waals surface area contributed by atoms with E-state index in [4.69, 9.17) is 0 Å². The van der Waals surface area contributed by atoms with E-state index >= 15 is 0 Å². The Balaban J connectivity index is 1.93. The van der Waals surface area contributed by atoms with Crippen molar-refractivity contribution in [2.45, 2.75) is 11.4 Å². The molecule has 1 heterocycles. The number of nitrogens with zero attached hydrogens (tertiary/aromatic N) is 1. The van der Waals surface area contributed by atoms with Crippen LogP contribution in [0.5, 0.6) is 0 Å². The highest BCUT2D eigenvalue weighted by atomic mass is 32.2. The van der Waals surface area contributed by atoms with Crippen molar-refractivity contribution < 1.29 is 0 Å². The lowest BCUT2D eigenvalue weighted by atomic mass is 10.3. The molecule has 1 aromatic carbocycles. The fourth-order valence-corrected chi connectivity index (χ4v) is 2.17. The first-order valence-corrected chi connectivity index (χ1v) is 6.74. The summed E-state index contributed by atoms with van der Waals surface area (Å²) in [6, 6.07) is 8.46. The molecule has 0 aliphatic rings. The summed E-state index contributed by atoms with van der Waals surface area (Å²) in [7, 11) is 0. The monoisotopic (exact) mass is 236 g/mol. The van der Waals surface area contributed by atoms with E-state index in [1.54, 1.807) is 23.1 Å². The summed E-state index contributed by atoms with van der Waals surface area (Å²) in [5.41, 5.74) is 3.01. The van der Waals surface area contributed by atoms with Gasteiger partial charge in [-0.05, 0) is 30.5 Å². The topological polar surface area (TPSA) is 24.9 Å². The zero-order valence-electron chi connectivity index (χ0n) is 8.43. The number of nitrogens with one attached hydrogen (secondary N) is 1. The van der Waals surface area contributed by atoms with E-state index in [0.717, 1.165) is 12.2 Å². The first kappa shape index (κ1) is 10.5. The first-order valence-electron chi connectivity index (χ1n) is 4.64. The van der Waals surface area contributed by atoms with Gasteiger partial charge in [0.05, 0.1) is 12.1 Å². The second-order valence-corrected chi connectivity index (χ2v) is 4.90. The molecule has 15 heavy (non-hydrogen) atoms. The fourth-order valence-electron chi connectivity index (χ4n) is 1.23. The molecule has 0 amide bonds. The lowest BCUT2D eigenvalue weighted by Gasteiger charge is -2.04. The number of thioether (sulfide) groups is 1. The van der Waals surface area contributed by atoms with E-state index < -0.39 is 0 Å². The summed E-state index contributed by atoms with van der Waals surface area (Å²) in [5, 5.41) is 3.36. The molecule has 0 fully saturated rings. The summed E-state index contributed by atoms with van der Waals surface area (Å²) in [5.74, 6) is 0. The molecular formula is C11H12N2S2. The minimum absolute atomic E-state index is 0.850. The van der Waals surface area contributed by atoms with Gasteiger partial charge in [0, 0.05) is 21.7 Å². The van der Waals surface area contributed by atoms with Crippen molar-refractivity contribution in [1.29, 1.82) is 0 Å². The van der Waals surface area contributed by atoms with E-state index in [1.165, 1.54) is 9.77 Å². The number of rotatable bonds is 4. The summed E-state index contributed by atoms with van der Waals surface area (Å²) in [6.45, 7) is 0.850. The Morgan fingerprint density at radius 3 is 2.73 bits per heavy atom. The molecule has 4 heteroatoms. The molecule has 1 aromatic heterocycles. The predicted octanol–water partition coefficient (Wildman–Crippen LogP) is 3.48. The maximum atomic E-state index is 4.04. The lowest BCUT2D eigenvalue weighted by Crippen LogP contribution is -1.96. The van der Waals surface area contributed by atoms with Crippen LogP contribution in [0.2, 0.25) is 0 Å². The summed E-state index contributed by atoms with van der Waals surface area (Å²) in [4.78, 5) is 6.58. The lowest BCUT2D eigenvalue weighted by molar-refractivity contribution is 1.17. The van der Waals surface area contributed by atoms with Crippen molar-refractivity contribution in [3.8, 4) is 0 Å². The number of benzene rings is 1. The van der Waals surface area contributed by atoms with Crippen LogP contribution in [0.1, 0.15) is 4.88 Å². The van der Waals surface area contributed by atoms with Crippen LogP contribution in [0.3, 0.4) is 0 Å². The smallest absolute Gasteiger partial charge is 0.0794 e. The molecule has 0 unspecified atom stereocenters. The number of thiazole rings is 1. The average molecular weight is 236 g/mol. The molecule has 0 atom stereocenters. The number of hydrogen-bond acceptors (Lipinski definition) is 4. The van der Waals surface area contributed by atoms with E-state index in [0.29, 0.717) is 0 Å². The van der Waals surface area contributed by atoms with Gasteiger partial charge in [-0.1, -0.05) is 0 Å². The van der Waals surface area contributed by atoms with Crippen LogP contribution in [0.15, 0.2) is 40.9 Å². The van der Waals surface area contributed by atoms with Crippen molar-refractivity contribution in [3.63, 3.8) is 0 Å². The summed E-state index contributed by atoms with van der Waals surface area (Å²) < 4.78 is 0. The van der Waals surface area contributed by atoms with Crippen molar-refractivity contribution >= 4 is 28.8 Å². The Labute approximate surface area is 97.8 Å². The zero-order valence-corrected chi connectivity index (χ0v) is 10.1. The van der Waals surface area contributed by atoms with Crippen molar-refractivity contribution in [2.24, 2.45) is 0 Å². The quantitative estimate of drug-likeness (QED) is 0.823. The SMILES string of the molecule is CSc1ccc(NCc2cncs2)cc1. The van der Waals surface area contributed by atoms with Gasteiger partial charge >= 0.3 is 0 Å². The van der Waals surface area contributed by atoms with E-state index in [-0.39, 0.29) is 0 Å². The normalized spacial score (nSPS) is 10.2. The summed E-state index contributed by atoms with van der Waals surface area (Å²) >= 11 is 3.43. The highest BCUT2D eigenvalue weighted by molar-refractivity contribution is 7.98. The Morgan fingerprint density at radius 2 is 2.13 bits per heavy atom. The molecule has 0 spiro atoms. The molecule has 2 aromatic rings. The van der Waals surface area contributed by atoms with Gasteiger partial charge in [-0.15, -0.1) is 23.1 Å². The highest BCUT2D eigenvalue weighted by Gasteiger charge is 1.95. The van der Waals surface area contributed by atoms with Gasteiger partial charge in [-0.25, -0.2) is 0 Å². The zero-order chi connectivity index (χ0) is 10.5. The third-order valence-electron chi connectivity index (χ3n) is 2.04. The molecule has 0 saturated heterocycles. The van der Waals surface area contributed by atoms with Crippen LogP contribution in [-0.2, 0) is 6.54 Å². The Morgan fingerprint density at radius 1 is 1.33 bits per heavy atom. The van der Waals surface area contributed by atoms with Crippen LogP contribution in [0, 0.1) is 0 Å². The molecule has 0 aliphatic heterocycles. The standard InChI is InChI=1S/C11H12N2S2/c1-14-10-4-2-9(3-5-10)13-7-11-6-12-8-15-11/h2-6,8,13H,7H2,1H3. The van der Waals surface area contributed by atoms with E-state index in [9.17, 15) is 0 Å². The minimum atomic E-state index is 0.850. The van der Waals surface area contributed by atoms with Crippen LogP contribution < -0.4 is 5.32 Å². The molecule has 2 nitrogen and oxygen atoms in total. The van der Waals surface area contributed by atoms with Crippen LogP contribution >= 0.6 is 23.1 Å². The van der Waals surface area contributed by atoms with Gasteiger partial charge in [-0.2, -0.15) is 0 Å². The molecule has 0 radical (unpaired) electrons. The van der Waals surface area contributed by atoms with Crippen LogP contribution in [0.25, 0.3) is 0 Å². The highest BCUT2D eigenvalue weighted by Crippen LogP contribution is 2.18. The van der Waals surface area contributed by atoms with Gasteiger partial charge in [0.25, 0.3) is 0 Å². The Bertz CT molecular complexity index is 395. The Hall–Kier alpha value is -1.00. The molecule has 0 saturated carbocycles. The van der Waals surface area contributed by atoms with E-state index in [1.807, 2.05) is 11.7 Å². The van der Waals surface area contributed by atoms with E-state index in [2.05, 4.69) is 40.8 Å². The van der Waals surface area contributed by atoms with Gasteiger partial charge in [0.1, 0.15) is 0 Å². The third-order valence-corrected chi connectivity index (χ3v) is 3.56. The van der Waals surface area contributed by atoms with Gasteiger partial charge in [0.15, 0.2) is 0 Å². The molecular weight excluding hydrogens is 224 g/mol. The number of anilines is 1. The van der Waals surface area contributed by atoms with Gasteiger partial charge < -0.3 is 5.32 Å². The summed E-state index contributed by atoms with van der Waals surface area (Å²) in [6.07, 6.45) is 3.98. The fraction of sp³-hybridized carbons (Fsp3) is 0.182. The minimum Gasteiger partial charge on any atom is -0.380 e. The van der Waals surface area contributed by atoms with Gasteiger partial charge in [-0.3, -0.25) is 4.98 Å². The van der Waals surface area contributed by atoms with Crippen molar-refractivity contribution in [3.05, 3.63) is 40.8 Å². The number of aromatic nitrogens is 1. The second kappa shape index (κ2) is 5.19. The van der Waals surface area contributed by atoms with Gasteiger partial charge in [0.2, 0.25) is 0 Å². The third kappa shape index (κ3) is 2.97. The largest absolute Gasteiger partial charge is 0.380 e. The number of hydrogen-bond donors (Lipinski definition) is 1. The van der Waals surface area contributed by atoms with Crippen LogP contribution in [-0.4, -0.2) is 11.2 Å². The Kier molecular flexibility index (Phi) is 3.64. The molecule has 0 aliphatic carbocycles. The average Bonchev–Trinajstić information content (AvgIpc) is 2.80. The van der Waals surface area contributed by atoms with Crippen molar-refractivity contribution in [1.82, 2.24) is 4.98 Å².